The number of carbonyl (C=O) groups is 1. The first-order valence-electron chi connectivity index (χ1n) is 7.00. The summed E-state index contributed by atoms with van der Waals surface area (Å²) < 4.78 is 0. The zero-order valence-electron chi connectivity index (χ0n) is 12.4. The number of fused-ring (bicyclic) bond motifs is 1. The van der Waals surface area contributed by atoms with Crippen molar-refractivity contribution in [1.82, 2.24) is 15.4 Å². The van der Waals surface area contributed by atoms with Gasteiger partial charge in [0.25, 0.3) is 5.91 Å². The molecular weight excluding hydrogens is 292 g/mol. The van der Waals surface area contributed by atoms with E-state index in [-0.39, 0.29) is 11.4 Å². The molecule has 1 amide bonds. The highest BCUT2D eigenvalue weighted by Gasteiger charge is 2.07. The van der Waals surface area contributed by atoms with E-state index in [9.17, 15) is 9.90 Å². The van der Waals surface area contributed by atoms with E-state index in [1.54, 1.807) is 49.5 Å². The van der Waals surface area contributed by atoms with Crippen LogP contribution in [0, 0.1) is 0 Å². The van der Waals surface area contributed by atoms with Crippen LogP contribution in [0.5, 0.6) is 5.75 Å². The number of aromatic hydroxyl groups is 1. The lowest BCUT2D eigenvalue weighted by Gasteiger charge is -2.05. The standard InChI is InChI=1S/C17H14N4O2/c1-11(20-21-17(23)14-6-2-3-10-18-14)13-9-8-12-5-4-7-15(22)16(12)19-13/h2-10,22H,1H3,(H,21,23). The number of aromatic nitrogens is 2. The second-order valence-electron chi connectivity index (χ2n) is 4.90. The van der Waals surface area contributed by atoms with Crippen molar-refractivity contribution >= 4 is 22.5 Å². The maximum absolute atomic E-state index is 11.9. The molecule has 3 rings (SSSR count). The summed E-state index contributed by atoms with van der Waals surface area (Å²) >= 11 is 0. The summed E-state index contributed by atoms with van der Waals surface area (Å²) in [4.78, 5) is 20.2. The van der Waals surface area contributed by atoms with Gasteiger partial charge in [-0.25, -0.2) is 10.4 Å². The van der Waals surface area contributed by atoms with Crippen LogP contribution in [0.15, 0.2) is 59.8 Å². The van der Waals surface area contributed by atoms with Gasteiger partial charge < -0.3 is 5.11 Å². The van der Waals surface area contributed by atoms with Crippen molar-refractivity contribution in [3.8, 4) is 5.75 Å². The van der Waals surface area contributed by atoms with E-state index in [0.717, 1.165) is 5.39 Å². The molecule has 2 heterocycles. The molecule has 2 N–H and O–H groups in total. The van der Waals surface area contributed by atoms with Crippen molar-refractivity contribution in [2.24, 2.45) is 5.10 Å². The number of para-hydroxylation sites is 1. The number of pyridine rings is 2. The lowest BCUT2D eigenvalue weighted by molar-refractivity contribution is 0.0950. The van der Waals surface area contributed by atoms with Gasteiger partial charge in [-0.2, -0.15) is 5.10 Å². The maximum Gasteiger partial charge on any atom is 0.289 e. The fourth-order valence-corrected chi connectivity index (χ4v) is 2.08. The Balaban J connectivity index is 1.84. The Kier molecular flexibility index (Phi) is 3.97. The Morgan fingerprint density at radius 3 is 2.74 bits per heavy atom. The van der Waals surface area contributed by atoms with Crippen molar-refractivity contribution < 1.29 is 9.90 Å². The Bertz CT molecular complexity index is 891. The second kappa shape index (κ2) is 6.23. The smallest absolute Gasteiger partial charge is 0.289 e. The first kappa shape index (κ1) is 14.6. The zero-order chi connectivity index (χ0) is 16.2. The minimum Gasteiger partial charge on any atom is -0.506 e. The van der Waals surface area contributed by atoms with Crippen molar-refractivity contribution in [3.63, 3.8) is 0 Å². The molecule has 0 bridgehead atoms. The Morgan fingerprint density at radius 1 is 1.09 bits per heavy atom. The van der Waals surface area contributed by atoms with Crippen LogP contribution in [-0.2, 0) is 0 Å². The second-order valence-corrected chi connectivity index (χ2v) is 4.90. The first-order valence-corrected chi connectivity index (χ1v) is 7.00. The van der Waals surface area contributed by atoms with Crippen LogP contribution < -0.4 is 5.43 Å². The first-order chi connectivity index (χ1) is 11.1. The van der Waals surface area contributed by atoms with Gasteiger partial charge in [0.2, 0.25) is 0 Å². The third kappa shape index (κ3) is 3.16. The van der Waals surface area contributed by atoms with E-state index in [1.807, 2.05) is 12.1 Å². The van der Waals surface area contributed by atoms with Crippen LogP contribution in [0.1, 0.15) is 23.1 Å². The van der Waals surface area contributed by atoms with Crippen LogP contribution in [0.4, 0.5) is 0 Å². The molecule has 114 valence electrons. The number of nitrogens with zero attached hydrogens (tertiary/aromatic N) is 3. The Labute approximate surface area is 132 Å². The van der Waals surface area contributed by atoms with Gasteiger partial charge in [-0.05, 0) is 31.2 Å². The number of rotatable bonds is 3. The van der Waals surface area contributed by atoms with Gasteiger partial charge in [0, 0.05) is 11.6 Å². The number of nitrogens with one attached hydrogen (secondary N) is 1. The number of phenolic OH excluding ortho intramolecular Hbond substituents is 1. The molecule has 0 aliphatic carbocycles. The molecular formula is C17H14N4O2. The van der Waals surface area contributed by atoms with E-state index in [0.29, 0.717) is 16.9 Å². The fraction of sp³-hybridized carbons (Fsp3) is 0.0588. The van der Waals surface area contributed by atoms with Gasteiger partial charge in [-0.3, -0.25) is 9.78 Å². The van der Waals surface area contributed by atoms with E-state index < -0.39 is 5.91 Å². The molecule has 3 aromatic rings. The molecule has 0 radical (unpaired) electrons. The molecule has 0 aliphatic rings. The minimum atomic E-state index is -0.395. The zero-order valence-corrected chi connectivity index (χ0v) is 12.4. The number of benzene rings is 1. The van der Waals surface area contributed by atoms with Crippen LogP contribution >= 0.6 is 0 Å². The molecule has 1 aromatic carbocycles. The van der Waals surface area contributed by atoms with Gasteiger partial charge in [0.1, 0.15) is 17.0 Å². The van der Waals surface area contributed by atoms with Gasteiger partial charge in [0.15, 0.2) is 0 Å². The SMILES string of the molecule is CC(=NNC(=O)c1ccccn1)c1ccc2cccc(O)c2n1. The summed E-state index contributed by atoms with van der Waals surface area (Å²) in [5, 5.41) is 14.7. The van der Waals surface area contributed by atoms with E-state index >= 15 is 0 Å². The van der Waals surface area contributed by atoms with Crippen molar-refractivity contribution in [2.75, 3.05) is 0 Å². The number of hydrazone groups is 1. The molecule has 23 heavy (non-hydrogen) atoms. The van der Waals surface area contributed by atoms with E-state index in [4.69, 9.17) is 0 Å². The summed E-state index contributed by atoms with van der Waals surface area (Å²) in [6.07, 6.45) is 1.54. The predicted octanol–water partition coefficient (Wildman–Crippen LogP) is 2.49. The highest BCUT2D eigenvalue weighted by Crippen LogP contribution is 2.22. The molecule has 0 aliphatic heterocycles. The molecule has 0 saturated carbocycles. The van der Waals surface area contributed by atoms with Crippen molar-refractivity contribution in [2.45, 2.75) is 6.92 Å². The molecule has 2 aromatic heterocycles. The van der Waals surface area contributed by atoms with Crippen molar-refractivity contribution in [3.05, 3.63) is 66.1 Å². The summed E-state index contributed by atoms with van der Waals surface area (Å²) in [6.45, 7) is 1.73. The van der Waals surface area contributed by atoms with Crippen LogP contribution in [-0.4, -0.2) is 26.7 Å². The molecule has 0 unspecified atom stereocenters. The molecule has 0 spiro atoms. The lowest BCUT2D eigenvalue weighted by atomic mass is 10.1. The average Bonchev–Trinajstić information content (AvgIpc) is 2.60. The number of phenols is 1. The molecule has 0 atom stereocenters. The molecule has 6 heteroatoms. The molecule has 6 nitrogen and oxygen atoms in total. The van der Waals surface area contributed by atoms with Gasteiger partial charge >= 0.3 is 0 Å². The van der Waals surface area contributed by atoms with Crippen LogP contribution in [0.25, 0.3) is 10.9 Å². The number of hydrogen-bond donors (Lipinski definition) is 2. The normalized spacial score (nSPS) is 11.4. The Morgan fingerprint density at radius 2 is 1.96 bits per heavy atom. The maximum atomic E-state index is 11.9. The largest absolute Gasteiger partial charge is 0.506 e. The highest BCUT2D eigenvalue weighted by atomic mass is 16.3. The molecule has 0 saturated heterocycles. The van der Waals surface area contributed by atoms with Crippen LogP contribution in [0.3, 0.4) is 0 Å². The van der Waals surface area contributed by atoms with Crippen molar-refractivity contribution in [1.29, 1.82) is 0 Å². The van der Waals surface area contributed by atoms with Crippen LogP contribution in [0.2, 0.25) is 0 Å². The summed E-state index contributed by atoms with van der Waals surface area (Å²) in [5.41, 5.74) is 4.32. The lowest BCUT2D eigenvalue weighted by Crippen LogP contribution is -2.20. The van der Waals surface area contributed by atoms with Gasteiger partial charge in [0.05, 0.1) is 11.4 Å². The number of amides is 1. The number of hydrogen-bond acceptors (Lipinski definition) is 5. The molecule has 0 fully saturated rings. The minimum absolute atomic E-state index is 0.106. The van der Waals surface area contributed by atoms with Gasteiger partial charge in [-0.15, -0.1) is 0 Å². The summed E-state index contributed by atoms with van der Waals surface area (Å²) in [5.74, 6) is -0.289. The quantitative estimate of drug-likeness (QED) is 0.575. The summed E-state index contributed by atoms with van der Waals surface area (Å²) in [6, 6.07) is 13.9. The van der Waals surface area contributed by atoms with Gasteiger partial charge in [-0.1, -0.05) is 24.3 Å². The monoisotopic (exact) mass is 306 g/mol. The third-order valence-electron chi connectivity index (χ3n) is 3.29. The third-order valence-corrected chi connectivity index (χ3v) is 3.29. The number of carbonyl (C=O) groups excluding carboxylic acids is 1. The van der Waals surface area contributed by atoms with E-state index in [2.05, 4.69) is 20.5 Å². The van der Waals surface area contributed by atoms with E-state index in [1.165, 1.54) is 0 Å². The predicted molar refractivity (Wildman–Crippen MR) is 87.3 cm³/mol. The highest BCUT2D eigenvalue weighted by molar-refractivity contribution is 6.01. The Hall–Kier alpha value is -3.28. The average molecular weight is 306 g/mol. The topological polar surface area (TPSA) is 87.5 Å². The summed E-state index contributed by atoms with van der Waals surface area (Å²) in [7, 11) is 0. The fourth-order valence-electron chi connectivity index (χ4n) is 2.08.